The molecule has 1 aromatic carbocycles. The number of rotatable bonds is 6. The van der Waals surface area contributed by atoms with Crippen LogP contribution in [0.4, 0.5) is 22.7 Å². The number of nitrogens with one attached hydrogen (secondary N) is 4. The molecule has 1 saturated heterocycles. The van der Waals surface area contributed by atoms with Crippen LogP contribution in [0.15, 0.2) is 59.8 Å². The Morgan fingerprint density at radius 1 is 1.00 bits per heavy atom. The van der Waals surface area contributed by atoms with E-state index in [1.165, 1.54) is 6.20 Å². The van der Waals surface area contributed by atoms with Gasteiger partial charge in [0.05, 0.1) is 24.7 Å². The predicted octanol–water partition coefficient (Wildman–Crippen LogP) is 3.01. The second kappa shape index (κ2) is 9.51. The van der Waals surface area contributed by atoms with E-state index in [4.69, 9.17) is 4.74 Å². The molecule has 1 amide bonds. The third-order valence-electron chi connectivity index (χ3n) is 6.21. The first kappa shape index (κ1) is 22.5. The van der Waals surface area contributed by atoms with Crippen LogP contribution in [0.1, 0.15) is 10.4 Å². The van der Waals surface area contributed by atoms with Crippen molar-refractivity contribution in [2.75, 3.05) is 55.9 Å². The summed E-state index contributed by atoms with van der Waals surface area (Å²) in [6.45, 7) is 3.96. The third kappa shape index (κ3) is 4.56. The number of aromatic amines is 2. The first-order chi connectivity index (χ1) is 17.0. The number of ether oxygens (including phenoxy) is 1. The number of hydrogen-bond donors (Lipinski definition) is 4. The molecule has 0 bridgehead atoms. The lowest BCUT2D eigenvalue weighted by atomic mass is 10.1. The van der Waals surface area contributed by atoms with E-state index in [-0.39, 0.29) is 5.56 Å². The summed E-state index contributed by atoms with van der Waals surface area (Å²) in [4.78, 5) is 40.4. The fraction of sp³-hybridized carbons (Fsp3) is 0.240. The van der Waals surface area contributed by atoms with E-state index >= 15 is 0 Å². The predicted molar refractivity (Wildman–Crippen MR) is 137 cm³/mol. The molecule has 0 atom stereocenters. The molecule has 35 heavy (non-hydrogen) atoms. The lowest BCUT2D eigenvalue weighted by Gasteiger charge is -2.34. The molecule has 0 radical (unpaired) electrons. The summed E-state index contributed by atoms with van der Waals surface area (Å²) >= 11 is 0. The number of amides is 1. The molecule has 5 rings (SSSR count). The fourth-order valence-electron chi connectivity index (χ4n) is 4.25. The van der Waals surface area contributed by atoms with Gasteiger partial charge in [-0.1, -0.05) is 0 Å². The van der Waals surface area contributed by atoms with Gasteiger partial charge in [-0.3, -0.25) is 9.59 Å². The summed E-state index contributed by atoms with van der Waals surface area (Å²) in [6, 6.07) is 11.2. The van der Waals surface area contributed by atoms with Crippen LogP contribution < -0.4 is 25.8 Å². The van der Waals surface area contributed by atoms with Crippen LogP contribution in [-0.4, -0.2) is 66.1 Å². The van der Waals surface area contributed by atoms with Crippen LogP contribution in [0, 0.1) is 0 Å². The summed E-state index contributed by atoms with van der Waals surface area (Å²) in [6.07, 6.45) is 4.88. The highest BCUT2D eigenvalue weighted by molar-refractivity contribution is 6.09. The summed E-state index contributed by atoms with van der Waals surface area (Å²) in [7, 11) is 3.67. The molecule has 3 aromatic heterocycles. The van der Waals surface area contributed by atoms with Crippen molar-refractivity contribution < 1.29 is 9.53 Å². The van der Waals surface area contributed by atoms with Gasteiger partial charge >= 0.3 is 0 Å². The molecule has 1 fully saturated rings. The van der Waals surface area contributed by atoms with Crippen LogP contribution in [0.5, 0.6) is 5.88 Å². The standard InChI is InChI=1S/C25H27N7O3/c1-31-11-13-32(14-12-31)17-5-3-16(4-6-17)29-24(34)21-19(8-10-27-23(21)33)30-20-15-28-25(35-2)22-18(20)7-9-26-22/h3-10,15,26H,11-14H2,1-2H3,(H,29,34)(H2,27,30,33). The quantitative estimate of drug-likeness (QED) is 0.340. The smallest absolute Gasteiger partial charge is 0.263 e. The van der Waals surface area contributed by atoms with Gasteiger partial charge in [0.1, 0.15) is 11.1 Å². The minimum atomic E-state index is -0.506. The highest BCUT2D eigenvalue weighted by Gasteiger charge is 2.19. The second-order valence-corrected chi connectivity index (χ2v) is 8.46. The number of anilines is 4. The van der Waals surface area contributed by atoms with Crippen LogP contribution in [-0.2, 0) is 0 Å². The Balaban J connectivity index is 1.37. The first-order valence-corrected chi connectivity index (χ1v) is 11.4. The maximum Gasteiger partial charge on any atom is 0.263 e. The zero-order valence-electron chi connectivity index (χ0n) is 19.6. The average molecular weight is 474 g/mol. The van der Waals surface area contributed by atoms with E-state index in [1.54, 1.807) is 25.6 Å². The molecule has 10 nitrogen and oxygen atoms in total. The molecule has 4 heterocycles. The van der Waals surface area contributed by atoms with Crippen LogP contribution in [0.3, 0.4) is 0 Å². The highest BCUT2D eigenvalue weighted by Crippen LogP contribution is 2.31. The first-order valence-electron chi connectivity index (χ1n) is 11.4. The Morgan fingerprint density at radius 2 is 1.74 bits per heavy atom. The Kier molecular flexibility index (Phi) is 6.11. The molecular formula is C25H27N7O3. The van der Waals surface area contributed by atoms with Gasteiger partial charge in [0.2, 0.25) is 5.88 Å². The minimum Gasteiger partial charge on any atom is -0.479 e. The number of carbonyl (C=O) groups excluding carboxylic acids is 1. The van der Waals surface area contributed by atoms with E-state index < -0.39 is 11.5 Å². The lowest BCUT2D eigenvalue weighted by molar-refractivity contribution is 0.102. The second-order valence-electron chi connectivity index (χ2n) is 8.46. The lowest BCUT2D eigenvalue weighted by Crippen LogP contribution is -2.44. The number of hydrogen-bond acceptors (Lipinski definition) is 7. The van der Waals surface area contributed by atoms with Crippen molar-refractivity contribution in [1.82, 2.24) is 19.9 Å². The van der Waals surface area contributed by atoms with Crippen molar-refractivity contribution in [3.05, 3.63) is 70.9 Å². The zero-order chi connectivity index (χ0) is 24.4. The van der Waals surface area contributed by atoms with E-state index in [2.05, 4.69) is 42.4 Å². The van der Waals surface area contributed by atoms with Gasteiger partial charge in [0.25, 0.3) is 11.5 Å². The number of fused-ring (bicyclic) bond motifs is 1. The van der Waals surface area contributed by atoms with E-state index in [1.807, 2.05) is 30.3 Å². The molecule has 1 aliphatic rings. The number of piperazine rings is 1. The highest BCUT2D eigenvalue weighted by atomic mass is 16.5. The van der Waals surface area contributed by atoms with Crippen molar-refractivity contribution in [3.63, 3.8) is 0 Å². The van der Waals surface area contributed by atoms with Gasteiger partial charge in [0, 0.05) is 55.3 Å². The summed E-state index contributed by atoms with van der Waals surface area (Å²) in [5.74, 6) is -0.0482. The van der Waals surface area contributed by atoms with Crippen molar-refractivity contribution in [2.45, 2.75) is 0 Å². The number of carbonyl (C=O) groups is 1. The normalized spacial score (nSPS) is 14.2. The monoisotopic (exact) mass is 473 g/mol. The summed E-state index contributed by atoms with van der Waals surface area (Å²) < 4.78 is 5.30. The van der Waals surface area contributed by atoms with Gasteiger partial charge in [-0.15, -0.1) is 0 Å². The van der Waals surface area contributed by atoms with Gasteiger partial charge in [-0.05, 0) is 43.4 Å². The van der Waals surface area contributed by atoms with Gasteiger partial charge in [0.15, 0.2) is 0 Å². The number of aromatic nitrogens is 3. The number of likely N-dealkylation sites (N-methyl/N-ethyl adjacent to an activating group) is 1. The molecule has 0 aliphatic carbocycles. The van der Waals surface area contributed by atoms with Gasteiger partial charge in [-0.2, -0.15) is 0 Å². The van der Waals surface area contributed by atoms with Crippen molar-refractivity contribution in [3.8, 4) is 5.88 Å². The van der Waals surface area contributed by atoms with E-state index in [0.29, 0.717) is 28.5 Å². The van der Waals surface area contributed by atoms with Crippen molar-refractivity contribution >= 4 is 39.6 Å². The Hall–Kier alpha value is -4.31. The molecule has 0 spiro atoms. The third-order valence-corrected chi connectivity index (χ3v) is 6.21. The molecule has 1 aliphatic heterocycles. The van der Waals surface area contributed by atoms with Gasteiger partial charge in [-0.25, -0.2) is 4.98 Å². The number of benzene rings is 1. The SMILES string of the molecule is COc1ncc(Nc2cc[nH]c(=O)c2C(=O)Nc2ccc(N3CCN(C)CC3)cc2)c2cc[nH]c12. The number of nitrogens with zero attached hydrogens (tertiary/aromatic N) is 3. The molecular weight excluding hydrogens is 446 g/mol. The van der Waals surface area contributed by atoms with Crippen LogP contribution in [0.25, 0.3) is 10.9 Å². The van der Waals surface area contributed by atoms with E-state index in [0.717, 1.165) is 37.3 Å². The largest absolute Gasteiger partial charge is 0.479 e. The van der Waals surface area contributed by atoms with Crippen LogP contribution in [0.2, 0.25) is 0 Å². The molecule has 0 unspecified atom stereocenters. The molecule has 4 aromatic rings. The summed E-state index contributed by atoms with van der Waals surface area (Å²) in [5.41, 5.74) is 2.94. The molecule has 0 saturated carbocycles. The average Bonchev–Trinajstić information content (AvgIpc) is 3.36. The number of methoxy groups -OCH3 is 1. The molecule has 4 N–H and O–H groups in total. The molecule has 10 heteroatoms. The van der Waals surface area contributed by atoms with Crippen LogP contribution >= 0.6 is 0 Å². The Labute approximate surface area is 201 Å². The fourth-order valence-corrected chi connectivity index (χ4v) is 4.25. The van der Waals surface area contributed by atoms with Crippen molar-refractivity contribution in [2.24, 2.45) is 0 Å². The Bertz CT molecular complexity index is 1400. The van der Waals surface area contributed by atoms with E-state index in [9.17, 15) is 9.59 Å². The zero-order valence-corrected chi connectivity index (χ0v) is 19.6. The number of pyridine rings is 2. The maximum absolute atomic E-state index is 13.2. The maximum atomic E-state index is 13.2. The minimum absolute atomic E-state index is 0.0184. The molecule has 180 valence electrons. The van der Waals surface area contributed by atoms with Crippen molar-refractivity contribution in [1.29, 1.82) is 0 Å². The van der Waals surface area contributed by atoms with Gasteiger partial charge < -0.3 is 35.1 Å². The number of H-pyrrole nitrogens is 2. The Morgan fingerprint density at radius 3 is 2.49 bits per heavy atom. The topological polar surface area (TPSA) is 118 Å². The summed E-state index contributed by atoms with van der Waals surface area (Å²) in [5, 5.41) is 6.85.